The number of anilines is 1. The maximum Gasteiger partial charge on any atom is 0.290 e. The summed E-state index contributed by atoms with van der Waals surface area (Å²) >= 11 is 0. The van der Waals surface area contributed by atoms with Gasteiger partial charge in [0.05, 0.1) is 11.3 Å². The molecule has 0 spiro atoms. The maximum absolute atomic E-state index is 12.9. The first-order valence-electron chi connectivity index (χ1n) is 8.34. The third-order valence-corrected chi connectivity index (χ3v) is 4.40. The van der Waals surface area contributed by atoms with E-state index >= 15 is 0 Å². The van der Waals surface area contributed by atoms with Gasteiger partial charge in [0.25, 0.3) is 5.91 Å². The van der Waals surface area contributed by atoms with E-state index in [1.807, 2.05) is 0 Å². The molecule has 0 atom stereocenters. The summed E-state index contributed by atoms with van der Waals surface area (Å²) in [6.45, 7) is -0.0448. The second-order valence-electron chi connectivity index (χ2n) is 6.21. The number of carbonyl (C=O) groups excluding carboxylic acids is 3. The summed E-state index contributed by atoms with van der Waals surface area (Å²) in [7, 11) is 0. The number of hydrogen-bond donors (Lipinski definition) is 2. The van der Waals surface area contributed by atoms with Crippen LogP contribution >= 0.6 is 0 Å². The molecule has 0 unspecified atom stereocenters. The lowest BCUT2D eigenvalue weighted by molar-refractivity contribution is -0.684. The predicted molar refractivity (Wildman–Crippen MR) is 96.7 cm³/mol. The number of fused-ring (bicyclic) bond motifs is 2. The van der Waals surface area contributed by atoms with Crippen molar-refractivity contribution in [3.05, 3.63) is 89.2 Å². The molecule has 1 amide bonds. The molecule has 0 aliphatic heterocycles. The summed E-state index contributed by atoms with van der Waals surface area (Å²) in [5, 5.41) is 12.2. The zero-order valence-electron chi connectivity index (χ0n) is 14.2. The highest BCUT2D eigenvalue weighted by molar-refractivity contribution is 6.30. The van der Waals surface area contributed by atoms with Crippen LogP contribution in [0.25, 0.3) is 0 Å². The third kappa shape index (κ3) is 2.97. The van der Waals surface area contributed by atoms with Gasteiger partial charge in [-0.15, -0.1) is 0 Å². The van der Waals surface area contributed by atoms with E-state index in [0.717, 1.165) is 0 Å². The molecular weight excluding hydrogens is 344 g/mol. The molecule has 0 saturated heterocycles. The summed E-state index contributed by atoms with van der Waals surface area (Å²) in [5.74, 6) is -0.863. The topological polar surface area (TPSA) is 87.3 Å². The van der Waals surface area contributed by atoms with Crippen LogP contribution < -0.4 is 9.88 Å². The van der Waals surface area contributed by atoms with Crippen molar-refractivity contribution in [2.75, 3.05) is 5.32 Å². The SMILES string of the molecule is O=C(C[n+]1cccc(O)c1)Nc1cccc2c1C(=O)c1ccccc1C2=O. The Morgan fingerprint density at radius 3 is 2.33 bits per heavy atom. The number of ketones is 2. The molecule has 0 saturated carbocycles. The van der Waals surface area contributed by atoms with Gasteiger partial charge in [-0.1, -0.05) is 36.4 Å². The van der Waals surface area contributed by atoms with Crippen molar-refractivity contribution in [1.82, 2.24) is 0 Å². The Labute approximate surface area is 154 Å². The van der Waals surface area contributed by atoms with Gasteiger partial charge in [0.2, 0.25) is 12.7 Å². The van der Waals surface area contributed by atoms with E-state index in [1.165, 1.54) is 16.8 Å². The Hall–Kier alpha value is -3.80. The highest BCUT2D eigenvalue weighted by atomic mass is 16.3. The number of benzene rings is 2. The second-order valence-corrected chi connectivity index (χ2v) is 6.21. The van der Waals surface area contributed by atoms with Gasteiger partial charge in [0.1, 0.15) is 0 Å². The number of pyridine rings is 1. The van der Waals surface area contributed by atoms with E-state index in [1.54, 1.807) is 54.7 Å². The molecule has 132 valence electrons. The molecule has 4 rings (SSSR count). The van der Waals surface area contributed by atoms with Gasteiger partial charge >= 0.3 is 0 Å². The molecule has 1 heterocycles. The van der Waals surface area contributed by atoms with Crippen LogP contribution in [-0.4, -0.2) is 22.6 Å². The van der Waals surface area contributed by atoms with Crippen LogP contribution in [0.2, 0.25) is 0 Å². The fourth-order valence-corrected chi connectivity index (χ4v) is 3.21. The Kier molecular flexibility index (Phi) is 4.01. The molecule has 2 N–H and O–H groups in total. The van der Waals surface area contributed by atoms with Crippen LogP contribution in [0.4, 0.5) is 5.69 Å². The largest absolute Gasteiger partial charge is 0.503 e. The lowest BCUT2D eigenvalue weighted by Crippen LogP contribution is -2.39. The predicted octanol–water partition coefficient (Wildman–Crippen LogP) is 2.09. The summed E-state index contributed by atoms with van der Waals surface area (Å²) in [5.41, 5.74) is 1.48. The van der Waals surface area contributed by atoms with Crippen LogP contribution in [0, 0.1) is 0 Å². The monoisotopic (exact) mass is 359 g/mol. The van der Waals surface area contributed by atoms with Crippen molar-refractivity contribution in [2.45, 2.75) is 6.54 Å². The Morgan fingerprint density at radius 2 is 1.59 bits per heavy atom. The standard InChI is InChI=1S/C21H14N2O4/c24-13-5-4-10-23(11-13)12-18(25)22-17-9-3-8-16-19(17)21(27)15-7-2-1-6-14(15)20(16)26/h1-11H,12H2,(H-,22,24,25,27)/p+1. The van der Waals surface area contributed by atoms with E-state index in [9.17, 15) is 19.5 Å². The van der Waals surface area contributed by atoms with Crippen molar-refractivity contribution in [1.29, 1.82) is 0 Å². The van der Waals surface area contributed by atoms with Crippen LogP contribution in [0.15, 0.2) is 67.0 Å². The Balaban J connectivity index is 1.67. The van der Waals surface area contributed by atoms with Gasteiger partial charge < -0.3 is 10.4 Å². The minimum absolute atomic E-state index is 0.0415. The van der Waals surface area contributed by atoms with Gasteiger partial charge in [-0.05, 0) is 12.1 Å². The van der Waals surface area contributed by atoms with E-state index in [-0.39, 0.29) is 40.9 Å². The molecule has 2 aromatic carbocycles. The smallest absolute Gasteiger partial charge is 0.290 e. The van der Waals surface area contributed by atoms with E-state index < -0.39 is 0 Å². The first-order valence-corrected chi connectivity index (χ1v) is 8.34. The fraction of sp³-hybridized carbons (Fsp3) is 0.0476. The molecule has 0 bridgehead atoms. The molecule has 1 aliphatic carbocycles. The molecule has 0 radical (unpaired) electrons. The number of aromatic hydroxyl groups is 1. The van der Waals surface area contributed by atoms with Crippen molar-refractivity contribution < 1.29 is 24.1 Å². The lowest BCUT2D eigenvalue weighted by atomic mass is 9.83. The van der Waals surface area contributed by atoms with E-state index in [4.69, 9.17) is 0 Å². The first kappa shape index (κ1) is 16.7. The molecule has 1 aliphatic rings. The molecule has 3 aromatic rings. The summed E-state index contributed by atoms with van der Waals surface area (Å²) < 4.78 is 1.52. The van der Waals surface area contributed by atoms with Crippen molar-refractivity contribution in [2.24, 2.45) is 0 Å². The number of rotatable bonds is 3. The molecule has 1 aromatic heterocycles. The van der Waals surface area contributed by atoms with Crippen LogP contribution in [0.5, 0.6) is 5.75 Å². The minimum atomic E-state index is -0.377. The lowest BCUT2D eigenvalue weighted by Gasteiger charge is -2.20. The normalized spacial score (nSPS) is 12.3. The van der Waals surface area contributed by atoms with Crippen LogP contribution in [0.1, 0.15) is 31.8 Å². The van der Waals surface area contributed by atoms with Crippen molar-refractivity contribution in [3.63, 3.8) is 0 Å². The number of nitrogens with one attached hydrogen (secondary N) is 1. The highest BCUT2D eigenvalue weighted by Gasteiger charge is 2.31. The Bertz CT molecular complexity index is 1100. The van der Waals surface area contributed by atoms with E-state index in [2.05, 4.69) is 5.32 Å². The average molecular weight is 359 g/mol. The highest BCUT2D eigenvalue weighted by Crippen LogP contribution is 2.31. The number of aromatic nitrogens is 1. The molecule has 0 fully saturated rings. The van der Waals surface area contributed by atoms with Gasteiger partial charge in [-0.25, -0.2) is 0 Å². The van der Waals surface area contributed by atoms with Gasteiger partial charge in [0, 0.05) is 22.8 Å². The summed E-state index contributed by atoms with van der Waals surface area (Å²) in [6.07, 6.45) is 3.07. The second kappa shape index (κ2) is 6.49. The third-order valence-electron chi connectivity index (χ3n) is 4.40. The number of amides is 1. The maximum atomic E-state index is 12.9. The van der Waals surface area contributed by atoms with Crippen molar-refractivity contribution >= 4 is 23.2 Å². The van der Waals surface area contributed by atoms with E-state index in [0.29, 0.717) is 16.8 Å². The number of hydrogen-bond acceptors (Lipinski definition) is 4. The van der Waals surface area contributed by atoms with Crippen LogP contribution in [0.3, 0.4) is 0 Å². The quantitative estimate of drug-likeness (QED) is 0.549. The fourth-order valence-electron chi connectivity index (χ4n) is 3.21. The minimum Gasteiger partial charge on any atom is -0.503 e. The average Bonchev–Trinajstić information content (AvgIpc) is 2.66. The first-order chi connectivity index (χ1) is 13.0. The van der Waals surface area contributed by atoms with Crippen molar-refractivity contribution in [3.8, 4) is 5.75 Å². The molecule has 27 heavy (non-hydrogen) atoms. The van der Waals surface area contributed by atoms with Gasteiger partial charge in [-0.2, -0.15) is 4.57 Å². The Morgan fingerprint density at radius 1 is 0.889 bits per heavy atom. The molecule has 6 nitrogen and oxygen atoms in total. The zero-order chi connectivity index (χ0) is 19.0. The summed E-state index contributed by atoms with van der Waals surface area (Å²) in [4.78, 5) is 38.0. The van der Waals surface area contributed by atoms with Crippen LogP contribution in [-0.2, 0) is 11.3 Å². The number of nitrogens with zero attached hydrogens (tertiary/aromatic N) is 1. The summed E-state index contributed by atoms with van der Waals surface area (Å²) in [6, 6.07) is 14.6. The zero-order valence-corrected chi connectivity index (χ0v) is 14.2. The number of carbonyl (C=O) groups is 3. The van der Waals surface area contributed by atoms with Gasteiger partial charge in [0.15, 0.2) is 23.5 Å². The molecule has 6 heteroatoms. The molecular formula is C21H15N2O4+. The van der Waals surface area contributed by atoms with Gasteiger partial charge in [-0.3, -0.25) is 14.4 Å².